The molecule has 0 saturated heterocycles. The highest BCUT2D eigenvalue weighted by Crippen LogP contribution is 2.29. The minimum Gasteiger partial charge on any atom is -0.494 e. The summed E-state index contributed by atoms with van der Waals surface area (Å²) >= 11 is 1.35. The van der Waals surface area contributed by atoms with Crippen LogP contribution in [0.4, 0.5) is 0 Å². The summed E-state index contributed by atoms with van der Waals surface area (Å²) in [6.45, 7) is 13.1. The van der Waals surface area contributed by atoms with Crippen molar-refractivity contribution in [2.45, 2.75) is 39.5 Å². The Balaban J connectivity index is 1.80. The lowest BCUT2D eigenvalue weighted by Gasteiger charge is -2.10. The number of benzene rings is 2. The van der Waals surface area contributed by atoms with Gasteiger partial charge < -0.3 is 10.5 Å². The summed E-state index contributed by atoms with van der Waals surface area (Å²) in [5.41, 5.74) is 8.98. The number of thioether (sulfide) groups is 1. The SMILES string of the molecule is C=C(N)c1ccc(C(=C)SC(=N)c2ccc(OCCCCCC(C)C)cc2)cc1. The molecule has 0 aromatic heterocycles. The summed E-state index contributed by atoms with van der Waals surface area (Å²) in [6, 6.07) is 15.5. The largest absolute Gasteiger partial charge is 0.494 e. The van der Waals surface area contributed by atoms with Crippen LogP contribution in [0.3, 0.4) is 0 Å². The van der Waals surface area contributed by atoms with E-state index in [0.29, 0.717) is 10.7 Å². The maximum Gasteiger partial charge on any atom is 0.119 e. The molecule has 2 aromatic carbocycles. The van der Waals surface area contributed by atoms with E-state index in [4.69, 9.17) is 15.9 Å². The number of nitrogens with one attached hydrogen (secondary N) is 1. The normalized spacial score (nSPS) is 10.7. The lowest BCUT2D eigenvalue weighted by Crippen LogP contribution is -1.99. The van der Waals surface area contributed by atoms with Crippen LogP contribution < -0.4 is 10.5 Å². The van der Waals surface area contributed by atoms with Gasteiger partial charge in [0, 0.05) is 16.2 Å². The van der Waals surface area contributed by atoms with Crippen molar-refractivity contribution < 1.29 is 4.74 Å². The van der Waals surface area contributed by atoms with Gasteiger partial charge in [-0.2, -0.15) is 0 Å². The fraction of sp³-hybridized carbons (Fsp3) is 0.320. The van der Waals surface area contributed by atoms with Crippen LogP contribution in [0.5, 0.6) is 5.75 Å². The zero-order valence-electron chi connectivity index (χ0n) is 17.5. The van der Waals surface area contributed by atoms with Crippen molar-refractivity contribution >= 4 is 27.4 Å². The minimum absolute atomic E-state index is 0.461. The molecule has 2 aromatic rings. The molecule has 0 fully saturated rings. The van der Waals surface area contributed by atoms with Crippen LogP contribution in [-0.2, 0) is 0 Å². The molecule has 0 amide bonds. The summed E-state index contributed by atoms with van der Waals surface area (Å²) in [5, 5.41) is 8.83. The van der Waals surface area contributed by atoms with E-state index >= 15 is 0 Å². The van der Waals surface area contributed by atoms with E-state index in [-0.39, 0.29) is 0 Å². The third-order valence-corrected chi connectivity index (χ3v) is 5.54. The smallest absolute Gasteiger partial charge is 0.119 e. The Morgan fingerprint density at radius 2 is 1.52 bits per heavy atom. The Kier molecular flexibility index (Phi) is 9.07. The summed E-state index contributed by atoms with van der Waals surface area (Å²) in [6.07, 6.45) is 4.84. The second-order valence-electron chi connectivity index (χ2n) is 7.57. The second-order valence-corrected chi connectivity index (χ2v) is 8.68. The monoisotopic (exact) mass is 408 g/mol. The van der Waals surface area contributed by atoms with Gasteiger partial charge in [-0.1, -0.05) is 82.3 Å². The van der Waals surface area contributed by atoms with Crippen molar-refractivity contribution in [3.63, 3.8) is 0 Å². The number of rotatable bonds is 11. The van der Waals surface area contributed by atoms with Crippen LogP contribution in [-0.4, -0.2) is 11.7 Å². The Morgan fingerprint density at radius 1 is 0.931 bits per heavy atom. The van der Waals surface area contributed by atoms with Crippen molar-refractivity contribution in [2.75, 3.05) is 6.61 Å². The molecule has 0 aliphatic heterocycles. The van der Waals surface area contributed by atoms with Crippen molar-refractivity contribution in [3.05, 3.63) is 78.4 Å². The van der Waals surface area contributed by atoms with Gasteiger partial charge in [-0.25, -0.2) is 0 Å². The molecule has 0 aliphatic rings. The Bertz CT molecular complexity index is 823. The van der Waals surface area contributed by atoms with Gasteiger partial charge in [-0.3, -0.25) is 5.41 Å². The first-order chi connectivity index (χ1) is 13.9. The van der Waals surface area contributed by atoms with E-state index in [0.717, 1.165) is 46.3 Å². The van der Waals surface area contributed by atoms with Gasteiger partial charge in [0.15, 0.2) is 0 Å². The maximum atomic E-state index is 8.37. The van der Waals surface area contributed by atoms with Gasteiger partial charge in [0.25, 0.3) is 0 Å². The van der Waals surface area contributed by atoms with E-state index in [1.807, 2.05) is 48.5 Å². The first-order valence-corrected chi connectivity index (χ1v) is 10.9. The standard InChI is InChI=1S/C25H32N2OS/c1-18(2)8-6-5-7-17-28-24-15-13-23(14-16-24)25(27)29-20(4)22-11-9-21(10-12-22)19(3)26/h9-16,18,27H,3-8,17,26H2,1-2H3. The Hall–Kier alpha value is -2.46. The quantitative estimate of drug-likeness (QED) is 0.240. The number of unbranched alkanes of at least 4 members (excludes halogenated alkanes) is 2. The lowest BCUT2D eigenvalue weighted by atomic mass is 10.1. The van der Waals surface area contributed by atoms with E-state index in [1.54, 1.807) is 0 Å². The number of hydrogen-bond acceptors (Lipinski definition) is 4. The Morgan fingerprint density at radius 3 is 2.10 bits per heavy atom. The molecule has 0 spiro atoms. The highest BCUT2D eigenvalue weighted by Gasteiger charge is 2.08. The molecule has 2 rings (SSSR count). The van der Waals surface area contributed by atoms with Crippen molar-refractivity contribution in [2.24, 2.45) is 11.7 Å². The van der Waals surface area contributed by atoms with E-state index in [2.05, 4.69) is 27.0 Å². The second kappa shape index (κ2) is 11.5. The van der Waals surface area contributed by atoms with Crippen LogP contribution in [0, 0.1) is 11.3 Å². The topological polar surface area (TPSA) is 59.1 Å². The highest BCUT2D eigenvalue weighted by molar-refractivity contribution is 8.22. The molecule has 154 valence electrons. The summed E-state index contributed by atoms with van der Waals surface area (Å²) < 4.78 is 5.82. The van der Waals surface area contributed by atoms with Gasteiger partial charge in [-0.05, 0) is 47.7 Å². The molecule has 3 N–H and O–H groups in total. The van der Waals surface area contributed by atoms with Crippen LogP contribution in [0.15, 0.2) is 61.7 Å². The predicted octanol–water partition coefficient (Wildman–Crippen LogP) is 6.94. The molecule has 4 heteroatoms. The van der Waals surface area contributed by atoms with Crippen molar-refractivity contribution in [1.82, 2.24) is 0 Å². The van der Waals surface area contributed by atoms with E-state index in [1.165, 1.54) is 31.0 Å². The van der Waals surface area contributed by atoms with Gasteiger partial charge in [0.2, 0.25) is 0 Å². The summed E-state index contributed by atoms with van der Waals surface area (Å²) in [7, 11) is 0. The number of nitrogens with two attached hydrogens (primary N) is 1. The average molecular weight is 409 g/mol. The average Bonchev–Trinajstić information content (AvgIpc) is 2.70. The van der Waals surface area contributed by atoms with Gasteiger partial charge >= 0.3 is 0 Å². The van der Waals surface area contributed by atoms with Gasteiger partial charge in [0.05, 0.1) is 11.7 Å². The summed E-state index contributed by atoms with van der Waals surface area (Å²) in [4.78, 5) is 0.825. The molecule has 0 radical (unpaired) electrons. The predicted molar refractivity (Wildman–Crippen MR) is 128 cm³/mol. The third-order valence-electron chi connectivity index (χ3n) is 4.61. The zero-order chi connectivity index (χ0) is 21.2. The lowest BCUT2D eigenvalue weighted by molar-refractivity contribution is 0.303. The van der Waals surface area contributed by atoms with Crippen LogP contribution in [0.1, 0.15) is 56.2 Å². The molecule has 0 heterocycles. The van der Waals surface area contributed by atoms with E-state index < -0.39 is 0 Å². The molecular formula is C25H32N2OS. The van der Waals surface area contributed by atoms with Crippen molar-refractivity contribution in [3.8, 4) is 5.75 Å². The molecule has 0 unspecified atom stereocenters. The number of hydrogen-bond donors (Lipinski definition) is 2. The molecule has 3 nitrogen and oxygen atoms in total. The third kappa shape index (κ3) is 7.82. The first kappa shape index (κ1) is 22.8. The maximum absolute atomic E-state index is 8.37. The number of ether oxygens (including phenoxy) is 1. The summed E-state index contributed by atoms with van der Waals surface area (Å²) in [5.74, 6) is 1.63. The molecule has 0 aliphatic carbocycles. The zero-order valence-corrected chi connectivity index (χ0v) is 18.4. The van der Waals surface area contributed by atoms with Crippen LogP contribution in [0.25, 0.3) is 10.6 Å². The van der Waals surface area contributed by atoms with E-state index in [9.17, 15) is 0 Å². The fourth-order valence-electron chi connectivity index (χ4n) is 2.84. The molecule has 0 bridgehead atoms. The van der Waals surface area contributed by atoms with Crippen LogP contribution >= 0.6 is 11.8 Å². The van der Waals surface area contributed by atoms with Crippen molar-refractivity contribution in [1.29, 1.82) is 5.41 Å². The van der Waals surface area contributed by atoms with Crippen LogP contribution in [0.2, 0.25) is 0 Å². The molecule has 0 saturated carbocycles. The fourth-order valence-corrected chi connectivity index (χ4v) is 3.59. The molecular weight excluding hydrogens is 376 g/mol. The minimum atomic E-state index is 0.461. The Labute approximate surface area is 179 Å². The van der Waals surface area contributed by atoms with Gasteiger partial charge in [0.1, 0.15) is 5.75 Å². The molecule has 0 atom stereocenters. The van der Waals surface area contributed by atoms with Gasteiger partial charge in [-0.15, -0.1) is 0 Å². The molecule has 29 heavy (non-hydrogen) atoms. The first-order valence-electron chi connectivity index (χ1n) is 10.1. The highest BCUT2D eigenvalue weighted by atomic mass is 32.2.